The summed E-state index contributed by atoms with van der Waals surface area (Å²) < 4.78 is 9.84. The zero-order valence-electron chi connectivity index (χ0n) is 11.2. The van der Waals surface area contributed by atoms with E-state index in [1.165, 1.54) is 13.4 Å². The fourth-order valence-electron chi connectivity index (χ4n) is 1.61. The van der Waals surface area contributed by atoms with Crippen LogP contribution >= 0.6 is 0 Å². The van der Waals surface area contributed by atoms with Gasteiger partial charge in [-0.25, -0.2) is 4.79 Å². The summed E-state index contributed by atoms with van der Waals surface area (Å²) in [7, 11) is 1.34. The fraction of sp³-hybridized carbons (Fsp3) is 0.615. The van der Waals surface area contributed by atoms with Crippen LogP contribution in [-0.2, 0) is 11.3 Å². The van der Waals surface area contributed by atoms with E-state index < -0.39 is 5.97 Å². The monoisotopic (exact) mass is 255 g/mol. The van der Waals surface area contributed by atoms with Crippen LogP contribution < -0.4 is 5.32 Å². The molecular weight excluding hydrogens is 234 g/mol. The number of hydrogen-bond donors (Lipinski definition) is 2. The highest BCUT2D eigenvalue weighted by atomic mass is 16.5. The largest absolute Gasteiger partial charge is 0.467 e. The maximum Gasteiger partial charge on any atom is 0.341 e. The molecule has 5 nitrogen and oxygen atoms in total. The predicted molar refractivity (Wildman–Crippen MR) is 67.2 cm³/mol. The van der Waals surface area contributed by atoms with Crippen molar-refractivity contribution in [2.45, 2.75) is 26.8 Å². The van der Waals surface area contributed by atoms with Gasteiger partial charge in [-0.2, -0.15) is 0 Å². The lowest BCUT2D eigenvalue weighted by atomic mass is 9.90. The summed E-state index contributed by atoms with van der Waals surface area (Å²) in [6, 6.07) is 1.66. The van der Waals surface area contributed by atoms with E-state index in [9.17, 15) is 4.79 Å². The van der Waals surface area contributed by atoms with Gasteiger partial charge in [-0.05, 0) is 17.9 Å². The van der Waals surface area contributed by atoms with Crippen molar-refractivity contribution in [2.75, 3.05) is 20.3 Å². The Balaban J connectivity index is 2.40. The van der Waals surface area contributed by atoms with Crippen LogP contribution in [0.1, 0.15) is 36.4 Å². The Morgan fingerprint density at radius 3 is 2.89 bits per heavy atom. The van der Waals surface area contributed by atoms with Crippen molar-refractivity contribution in [1.82, 2.24) is 5.32 Å². The summed E-state index contributed by atoms with van der Waals surface area (Å²) in [5, 5.41) is 12.2. The molecular formula is C13H21NO4. The van der Waals surface area contributed by atoms with Crippen molar-refractivity contribution in [3.63, 3.8) is 0 Å². The van der Waals surface area contributed by atoms with Gasteiger partial charge in [0, 0.05) is 13.2 Å². The molecule has 0 saturated heterocycles. The molecule has 0 unspecified atom stereocenters. The lowest BCUT2D eigenvalue weighted by Gasteiger charge is -2.23. The third-order valence-corrected chi connectivity index (χ3v) is 2.77. The predicted octanol–water partition coefficient (Wildman–Crippen LogP) is 1.56. The molecule has 1 aromatic heterocycles. The molecule has 0 fully saturated rings. The maximum atomic E-state index is 11.2. The van der Waals surface area contributed by atoms with Crippen LogP contribution in [0, 0.1) is 5.41 Å². The zero-order valence-corrected chi connectivity index (χ0v) is 11.2. The second-order valence-corrected chi connectivity index (χ2v) is 5.03. The number of carbonyl (C=O) groups excluding carboxylic acids is 1. The molecule has 0 aromatic carbocycles. The maximum absolute atomic E-state index is 11.2. The van der Waals surface area contributed by atoms with Crippen LogP contribution in [0.5, 0.6) is 0 Å². The van der Waals surface area contributed by atoms with E-state index in [1.807, 2.05) is 0 Å². The van der Waals surface area contributed by atoms with Gasteiger partial charge in [0.05, 0.1) is 19.2 Å². The van der Waals surface area contributed by atoms with Crippen molar-refractivity contribution in [1.29, 1.82) is 0 Å². The third-order valence-electron chi connectivity index (χ3n) is 2.77. The van der Waals surface area contributed by atoms with Crippen molar-refractivity contribution >= 4 is 5.97 Å². The zero-order chi connectivity index (χ0) is 13.6. The van der Waals surface area contributed by atoms with Gasteiger partial charge in [0.2, 0.25) is 0 Å². The number of hydrogen-bond acceptors (Lipinski definition) is 5. The first-order valence-electron chi connectivity index (χ1n) is 5.96. The number of aliphatic hydroxyl groups is 1. The Bertz CT molecular complexity index is 384. The molecule has 0 aliphatic rings. The number of aliphatic hydroxyl groups excluding tert-OH is 1. The van der Waals surface area contributed by atoms with Gasteiger partial charge in [0.1, 0.15) is 12.0 Å². The van der Waals surface area contributed by atoms with Gasteiger partial charge in [-0.1, -0.05) is 13.8 Å². The van der Waals surface area contributed by atoms with Crippen molar-refractivity contribution < 1.29 is 19.1 Å². The topological polar surface area (TPSA) is 71.7 Å². The number of esters is 1. The lowest BCUT2D eigenvalue weighted by molar-refractivity contribution is 0.0600. The highest BCUT2D eigenvalue weighted by Crippen LogP contribution is 2.18. The number of ether oxygens (including phenoxy) is 1. The van der Waals surface area contributed by atoms with Gasteiger partial charge in [0.25, 0.3) is 0 Å². The molecule has 1 rings (SSSR count). The number of furan rings is 1. The van der Waals surface area contributed by atoms with E-state index in [1.54, 1.807) is 6.07 Å². The molecule has 102 valence electrons. The van der Waals surface area contributed by atoms with Gasteiger partial charge in [0.15, 0.2) is 0 Å². The first kappa shape index (κ1) is 14.7. The molecule has 0 saturated carbocycles. The second-order valence-electron chi connectivity index (χ2n) is 5.03. The van der Waals surface area contributed by atoms with Crippen LogP contribution in [-0.4, -0.2) is 31.3 Å². The van der Waals surface area contributed by atoms with E-state index in [-0.39, 0.29) is 12.0 Å². The average molecular weight is 255 g/mol. The van der Waals surface area contributed by atoms with Gasteiger partial charge >= 0.3 is 5.97 Å². The number of methoxy groups -OCH3 is 1. The first-order chi connectivity index (χ1) is 8.48. The van der Waals surface area contributed by atoms with Crippen molar-refractivity contribution in [3.8, 4) is 0 Å². The summed E-state index contributed by atoms with van der Waals surface area (Å²) >= 11 is 0. The highest BCUT2D eigenvalue weighted by Gasteiger charge is 2.17. The van der Waals surface area contributed by atoms with E-state index in [0.717, 1.165) is 13.0 Å². The van der Waals surface area contributed by atoms with Crippen LogP contribution in [0.2, 0.25) is 0 Å². The van der Waals surface area contributed by atoms with Crippen LogP contribution in [0.25, 0.3) is 0 Å². The lowest BCUT2D eigenvalue weighted by Crippen LogP contribution is -2.29. The molecule has 0 aliphatic carbocycles. The highest BCUT2D eigenvalue weighted by molar-refractivity contribution is 5.88. The van der Waals surface area contributed by atoms with Gasteiger partial charge < -0.3 is 19.6 Å². The smallest absolute Gasteiger partial charge is 0.341 e. The quantitative estimate of drug-likeness (QED) is 0.723. The molecule has 0 atom stereocenters. The molecule has 5 heteroatoms. The molecule has 1 heterocycles. The van der Waals surface area contributed by atoms with E-state index in [4.69, 9.17) is 9.52 Å². The first-order valence-corrected chi connectivity index (χ1v) is 5.96. The molecule has 2 N–H and O–H groups in total. The minimum Gasteiger partial charge on any atom is -0.467 e. The summed E-state index contributed by atoms with van der Waals surface area (Å²) in [6.07, 6.45) is 2.13. The number of rotatable bonds is 7. The molecule has 18 heavy (non-hydrogen) atoms. The average Bonchev–Trinajstić information content (AvgIpc) is 2.76. The van der Waals surface area contributed by atoms with E-state index >= 15 is 0 Å². The Morgan fingerprint density at radius 2 is 2.28 bits per heavy atom. The summed E-state index contributed by atoms with van der Waals surface area (Å²) in [5.41, 5.74) is 0.455. The van der Waals surface area contributed by atoms with Crippen LogP contribution in [0.4, 0.5) is 0 Å². The Labute approximate surface area is 107 Å². The second kappa shape index (κ2) is 6.56. The molecule has 0 aliphatic heterocycles. The number of carbonyl (C=O) groups is 1. The minimum absolute atomic E-state index is 0.0342. The van der Waals surface area contributed by atoms with Crippen molar-refractivity contribution in [2.24, 2.45) is 5.41 Å². The Hall–Kier alpha value is -1.33. The number of nitrogens with one attached hydrogen (secondary N) is 1. The van der Waals surface area contributed by atoms with E-state index in [0.29, 0.717) is 17.9 Å². The summed E-state index contributed by atoms with van der Waals surface area (Å²) in [6.45, 7) is 5.66. The standard InChI is InChI=1S/C13H21NO4/c1-13(2,4-5-15)9-14-7-11-6-10(8-18-11)12(16)17-3/h6,8,14-15H,4-5,7,9H2,1-3H3. The van der Waals surface area contributed by atoms with Gasteiger partial charge in [-0.15, -0.1) is 0 Å². The molecule has 0 spiro atoms. The SMILES string of the molecule is COC(=O)c1coc(CNCC(C)(C)CCO)c1. The fourth-order valence-corrected chi connectivity index (χ4v) is 1.61. The molecule has 0 radical (unpaired) electrons. The van der Waals surface area contributed by atoms with E-state index in [2.05, 4.69) is 23.9 Å². The Kier molecular flexibility index (Phi) is 5.37. The summed E-state index contributed by atoms with van der Waals surface area (Å²) in [4.78, 5) is 11.2. The summed E-state index contributed by atoms with van der Waals surface area (Å²) in [5.74, 6) is 0.292. The molecule has 0 bridgehead atoms. The molecule has 0 amide bonds. The minimum atomic E-state index is -0.398. The van der Waals surface area contributed by atoms with Gasteiger partial charge in [-0.3, -0.25) is 0 Å². The van der Waals surface area contributed by atoms with Crippen molar-refractivity contribution in [3.05, 3.63) is 23.7 Å². The Morgan fingerprint density at radius 1 is 1.56 bits per heavy atom. The van der Waals surface area contributed by atoms with Crippen LogP contribution in [0.15, 0.2) is 16.7 Å². The third kappa shape index (κ3) is 4.50. The molecule has 1 aromatic rings. The van der Waals surface area contributed by atoms with Crippen LogP contribution in [0.3, 0.4) is 0 Å². The normalized spacial score (nSPS) is 11.6.